The van der Waals surface area contributed by atoms with Gasteiger partial charge in [0.25, 0.3) is 5.91 Å². The lowest BCUT2D eigenvalue weighted by Gasteiger charge is -2.29. The maximum Gasteiger partial charge on any atom is 0.326 e. The Kier molecular flexibility index (Phi) is 5.96. The van der Waals surface area contributed by atoms with Crippen LogP contribution in [0.15, 0.2) is 72.8 Å². The summed E-state index contributed by atoms with van der Waals surface area (Å²) < 4.78 is 5.42. The van der Waals surface area contributed by atoms with Crippen molar-refractivity contribution in [3.05, 3.63) is 88.9 Å². The highest BCUT2D eigenvalue weighted by atomic mass is 35.5. The summed E-state index contributed by atoms with van der Waals surface area (Å²) in [5, 5.41) is 10.3. The number of carboxylic acid groups (broad SMARTS) is 1. The van der Waals surface area contributed by atoms with Gasteiger partial charge in [-0.15, -0.1) is 0 Å². The molecule has 6 heteroatoms. The van der Waals surface area contributed by atoms with Gasteiger partial charge in [-0.3, -0.25) is 4.79 Å². The summed E-state index contributed by atoms with van der Waals surface area (Å²) in [5.41, 5.74) is 3.03. The number of benzene rings is 3. The Labute approximate surface area is 185 Å². The number of amides is 1. The molecular formula is C25H22ClNO4. The zero-order valence-corrected chi connectivity index (χ0v) is 17.8. The van der Waals surface area contributed by atoms with E-state index in [1.807, 2.05) is 54.6 Å². The Bertz CT molecular complexity index is 1110. The molecule has 1 N–H and O–H groups in total. The number of aliphatic carboxylic acids is 1. The van der Waals surface area contributed by atoms with Crippen molar-refractivity contribution < 1.29 is 19.4 Å². The molecule has 0 radical (unpaired) electrons. The number of rotatable bonds is 5. The highest BCUT2D eigenvalue weighted by molar-refractivity contribution is 6.31. The first-order chi connectivity index (χ1) is 15.0. The van der Waals surface area contributed by atoms with E-state index in [0.717, 1.165) is 22.4 Å². The van der Waals surface area contributed by atoms with E-state index in [9.17, 15) is 14.7 Å². The van der Waals surface area contributed by atoms with Crippen LogP contribution in [0.25, 0.3) is 11.1 Å². The molecule has 158 valence electrons. The fourth-order valence-electron chi connectivity index (χ4n) is 4.21. The predicted octanol–water partition coefficient (Wildman–Crippen LogP) is 5.45. The number of ether oxygens (including phenoxy) is 1. The molecule has 5 nitrogen and oxygen atoms in total. The number of para-hydroxylation sites is 1. The van der Waals surface area contributed by atoms with E-state index in [2.05, 4.69) is 0 Å². The van der Waals surface area contributed by atoms with Gasteiger partial charge in [-0.2, -0.15) is 0 Å². The molecule has 1 heterocycles. The van der Waals surface area contributed by atoms with Gasteiger partial charge in [0.05, 0.1) is 13.2 Å². The van der Waals surface area contributed by atoms with Crippen LogP contribution in [0.4, 0.5) is 0 Å². The van der Waals surface area contributed by atoms with Crippen molar-refractivity contribution in [2.24, 2.45) is 0 Å². The first-order valence-electron chi connectivity index (χ1n) is 10.0. The fraction of sp³-hybridized carbons (Fsp3) is 0.200. The van der Waals surface area contributed by atoms with Gasteiger partial charge in [0.2, 0.25) is 0 Å². The molecule has 1 aliphatic rings. The maximum atomic E-state index is 13.4. The van der Waals surface area contributed by atoms with Gasteiger partial charge in [0, 0.05) is 16.1 Å². The second-order valence-corrected chi connectivity index (χ2v) is 7.87. The Hall–Kier alpha value is -3.31. The summed E-state index contributed by atoms with van der Waals surface area (Å²) >= 11 is 6.37. The van der Waals surface area contributed by atoms with Crippen molar-refractivity contribution in [2.45, 2.75) is 24.9 Å². The van der Waals surface area contributed by atoms with E-state index in [1.165, 1.54) is 4.90 Å². The second kappa shape index (κ2) is 8.82. The van der Waals surface area contributed by atoms with Gasteiger partial charge in [-0.05, 0) is 48.2 Å². The third kappa shape index (κ3) is 4.01. The quantitative estimate of drug-likeness (QED) is 0.579. The van der Waals surface area contributed by atoms with Crippen LogP contribution in [0.5, 0.6) is 5.75 Å². The Balaban J connectivity index is 1.67. The van der Waals surface area contributed by atoms with E-state index < -0.39 is 12.0 Å². The minimum Gasteiger partial charge on any atom is -0.496 e. The molecule has 0 spiro atoms. The zero-order chi connectivity index (χ0) is 22.0. The van der Waals surface area contributed by atoms with Crippen LogP contribution in [0.3, 0.4) is 0 Å². The summed E-state index contributed by atoms with van der Waals surface area (Å²) in [5.74, 6) is -0.583. The van der Waals surface area contributed by atoms with Crippen molar-refractivity contribution in [2.75, 3.05) is 7.11 Å². The summed E-state index contributed by atoms with van der Waals surface area (Å²) in [6.07, 6.45) is 0.933. The highest BCUT2D eigenvalue weighted by Gasteiger charge is 2.42. The minimum absolute atomic E-state index is 0.318. The number of hydrogen-bond donors (Lipinski definition) is 1. The number of methoxy groups -OCH3 is 1. The van der Waals surface area contributed by atoms with Crippen molar-refractivity contribution in [1.82, 2.24) is 4.90 Å². The van der Waals surface area contributed by atoms with E-state index in [4.69, 9.17) is 16.3 Å². The number of nitrogens with zero attached hydrogens (tertiary/aromatic N) is 1. The standard InChI is InChI=1S/C25H22ClNO4/c1-31-23-9-5-3-6-18(23)16-10-12-17(13-11-16)24(28)27-21(14-15-22(27)25(29)30)19-7-2-4-8-20(19)26/h2-13,21-22H,14-15H2,1H3,(H,29,30)/t21-,22-/m0/s1. The number of hydrogen-bond acceptors (Lipinski definition) is 3. The van der Waals surface area contributed by atoms with E-state index in [1.54, 1.807) is 25.3 Å². The largest absolute Gasteiger partial charge is 0.496 e. The molecule has 1 aliphatic heterocycles. The first kappa shape index (κ1) is 20.9. The Morgan fingerprint density at radius 2 is 1.65 bits per heavy atom. The SMILES string of the molecule is COc1ccccc1-c1ccc(C(=O)N2[C@H](C(=O)O)CC[C@H]2c2ccccc2Cl)cc1. The fourth-order valence-corrected chi connectivity index (χ4v) is 4.47. The van der Waals surface area contributed by atoms with Crippen molar-refractivity contribution >= 4 is 23.5 Å². The van der Waals surface area contributed by atoms with Crippen LogP contribution in [0, 0.1) is 0 Å². The second-order valence-electron chi connectivity index (χ2n) is 7.46. The van der Waals surface area contributed by atoms with Crippen LogP contribution < -0.4 is 4.74 Å². The van der Waals surface area contributed by atoms with Crippen LogP contribution in [-0.2, 0) is 4.79 Å². The lowest BCUT2D eigenvalue weighted by atomic mass is 10.0. The van der Waals surface area contributed by atoms with E-state index in [0.29, 0.717) is 23.4 Å². The maximum absolute atomic E-state index is 13.4. The molecule has 1 saturated heterocycles. The molecule has 4 rings (SSSR count). The van der Waals surface area contributed by atoms with Crippen LogP contribution >= 0.6 is 11.6 Å². The summed E-state index contributed by atoms with van der Waals surface area (Å²) in [6.45, 7) is 0. The summed E-state index contributed by atoms with van der Waals surface area (Å²) in [4.78, 5) is 26.8. The number of halogens is 1. The zero-order valence-electron chi connectivity index (χ0n) is 17.0. The molecule has 0 bridgehead atoms. The molecule has 0 aliphatic carbocycles. The van der Waals surface area contributed by atoms with Crippen LogP contribution in [0.1, 0.15) is 34.8 Å². The van der Waals surface area contributed by atoms with Crippen LogP contribution in [-0.4, -0.2) is 35.0 Å². The molecule has 0 saturated carbocycles. The van der Waals surface area contributed by atoms with Gasteiger partial charge >= 0.3 is 5.97 Å². The first-order valence-corrected chi connectivity index (χ1v) is 10.4. The molecule has 1 fully saturated rings. The normalized spacial score (nSPS) is 18.1. The molecule has 0 aromatic heterocycles. The number of carbonyl (C=O) groups is 2. The highest BCUT2D eigenvalue weighted by Crippen LogP contribution is 2.40. The minimum atomic E-state index is -1.01. The van der Waals surface area contributed by atoms with Crippen molar-refractivity contribution in [1.29, 1.82) is 0 Å². The average Bonchev–Trinajstić information content (AvgIpc) is 3.24. The third-order valence-electron chi connectivity index (χ3n) is 5.72. The third-order valence-corrected chi connectivity index (χ3v) is 6.06. The smallest absolute Gasteiger partial charge is 0.326 e. The number of carbonyl (C=O) groups excluding carboxylic acids is 1. The molecule has 1 amide bonds. The summed E-state index contributed by atoms with van der Waals surface area (Å²) in [6, 6.07) is 20.8. The molecule has 3 aromatic rings. The van der Waals surface area contributed by atoms with Gasteiger partial charge < -0.3 is 14.7 Å². The molecular weight excluding hydrogens is 414 g/mol. The Morgan fingerprint density at radius 1 is 0.968 bits per heavy atom. The molecule has 0 unspecified atom stereocenters. The predicted molar refractivity (Wildman–Crippen MR) is 119 cm³/mol. The van der Waals surface area contributed by atoms with E-state index in [-0.39, 0.29) is 11.9 Å². The number of likely N-dealkylation sites (tertiary alicyclic amines) is 1. The van der Waals surface area contributed by atoms with Crippen molar-refractivity contribution in [3.63, 3.8) is 0 Å². The molecule has 3 aromatic carbocycles. The van der Waals surface area contributed by atoms with Gasteiger partial charge in [-0.1, -0.05) is 60.1 Å². The summed E-state index contributed by atoms with van der Waals surface area (Å²) in [7, 11) is 1.62. The van der Waals surface area contributed by atoms with Gasteiger partial charge in [-0.25, -0.2) is 4.79 Å². The molecule has 31 heavy (non-hydrogen) atoms. The topological polar surface area (TPSA) is 66.8 Å². The average molecular weight is 436 g/mol. The monoisotopic (exact) mass is 435 g/mol. The van der Waals surface area contributed by atoms with Gasteiger partial charge in [0.1, 0.15) is 11.8 Å². The number of carboxylic acids is 1. The lowest BCUT2D eigenvalue weighted by Crippen LogP contribution is -2.41. The van der Waals surface area contributed by atoms with E-state index >= 15 is 0 Å². The molecule has 2 atom stereocenters. The Morgan fingerprint density at radius 3 is 2.32 bits per heavy atom. The van der Waals surface area contributed by atoms with Crippen LogP contribution in [0.2, 0.25) is 5.02 Å². The van der Waals surface area contributed by atoms with Gasteiger partial charge in [0.15, 0.2) is 0 Å². The van der Waals surface area contributed by atoms with Crippen molar-refractivity contribution in [3.8, 4) is 16.9 Å². The lowest BCUT2D eigenvalue weighted by molar-refractivity contribution is -0.141.